The zero-order valence-electron chi connectivity index (χ0n) is 8.27. The number of thiazole rings is 1. The minimum absolute atomic E-state index is 0.421. The van der Waals surface area contributed by atoms with Gasteiger partial charge in [0.05, 0.1) is 5.01 Å². The molecule has 0 aromatic carbocycles. The second kappa shape index (κ2) is 5.45. The van der Waals surface area contributed by atoms with Crippen LogP contribution in [0.1, 0.15) is 11.9 Å². The lowest BCUT2D eigenvalue weighted by Crippen LogP contribution is -2.34. The lowest BCUT2D eigenvalue weighted by Gasteiger charge is -2.06. The zero-order chi connectivity index (χ0) is 11.3. The fourth-order valence-electron chi connectivity index (χ4n) is 0.934. The number of carbonyl (C=O) groups is 2. The van der Waals surface area contributed by atoms with Crippen LogP contribution in [0, 0.1) is 5.92 Å². The van der Waals surface area contributed by atoms with Crippen molar-refractivity contribution in [1.82, 2.24) is 10.3 Å². The molecule has 0 radical (unpaired) electrons. The van der Waals surface area contributed by atoms with Crippen LogP contribution < -0.4 is 5.32 Å². The van der Waals surface area contributed by atoms with Gasteiger partial charge in [0.15, 0.2) is 0 Å². The average molecular weight is 228 g/mol. The maximum Gasteiger partial charge on any atom is 0.315 e. The number of rotatable bonds is 5. The number of amides is 1. The molecule has 1 unspecified atom stereocenters. The Morgan fingerprint density at radius 2 is 2.40 bits per heavy atom. The fourth-order valence-corrected chi connectivity index (χ4v) is 1.55. The van der Waals surface area contributed by atoms with Crippen LogP contribution in [0.5, 0.6) is 0 Å². The van der Waals surface area contributed by atoms with Gasteiger partial charge < -0.3 is 10.4 Å². The quantitative estimate of drug-likeness (QED) is 0.720. The van der Waals surface area contributed by atoms with Gasteiger partial charge in [-0.3, -0.25) is 9.59 Å². The van der Waals surface area contributed by atoms with Gasteiger partial charge in [-0.1, -0.05) is 0 Å². The fraction of sp³-hybridized carbons (Fsp3) is 0.444. The summed E-state index contributed by atoms with van der Waals surface area (Å²) >= 11 is 1.51. The Labute approximate surface area is 91.1 Å². The molecule has 1 amide bonds. The summed E-state index contributed by atoms with van der Waals surface area (Å²) in [5.41, 5.74) is 0. The van der Waals surface area contributed by atoms with Crippen LogP contribution in [0.25, 0.3) is 0 Å². The first kappa shape index (κ1) is 11.6. The Hall–Kier alpha value is -1.43. The molecule has 0 aliphatic rings. The van der Waals surface area contributed by atoms with Crippen molar-refractivity contribution in [3.05, 3.63) is 16.6 Å². The van der Waals surface area contributed by atoms with Crippen LogP contribution in [0.2, 0.25) is 0 Å². The molecule has 1 rings (SSSR count). The van der Waals surface area contributed by atoms with E-state index in [0.29, 0.717) is 13.0 Å². The third kappa shape index (κ3) is 3.67. The number of carboxylic acid groups (broad SMARTS) is 1. The van der Waals surface area contributed by atoms with E-state index >= 15 is 0 Å². The van der Waals surface area contributed by atoms with Gasteiger partial charge in [-0.15, -0.1) is 11.3 Å². The number of hydrogen-bond donors (Lipinski definition) is 2. The third-order valence-electron chi connectivity index (χ3n) is 1.89. The SMILES string of the molecule is CC(C(=O)O)C(=O)NCCc1nccs1. The predicted octanol–water partition coefficient (Wildman–Crippen LogP) is 0.522. The highest BCUT2D eigenvalue weighted by molar-refractivity contribution is 7.09. The molecule has 82 valence electrons. The minimum atomic E-state index is -1.11. The first-order chi connectivity index (χ1) is 7.11. The van der Waals surface area contributed by atoms with Gasteiger partial charge in [-0.25, -0.2) is 4.98 Å². The average Bonchev–Trinajstić information content (AvgIpc) is 2.69. The molecule has 0 saturated heterocycles. The summed E-state index contributed by atoms with van der Waals surface area (Å²) in [6.07, 6.45) is 2.33. The molecule has 1 aromatic rings. The van der Waals surface area contributed by atoms with E-state index in [1.54, 1.807) is 6.20 Å². The van der Waals surface area contributed by atoms with Crippen LogP contribution >= 0.6 is 11.3 Å². The molecule has 15 heavy (non-hydrogen) atoms. The first-order valence-corrected chi connectivity index (χ1v) is 5.38. The Morgan fingerprint density at radius 1 is 1.67 bits per heavy atom. The van der Waals surface area contributed by atoms with Gasteiger partial charge >= 0.3 is 5.97 Å². The van der Waals surface area contributed by atoms with E-state index < -0.39 is 17.8 Å². The summed E-state index contributed by atoms with van der Waals surface area (Å²) in [4.78, 5) is 25.7. The number of aliphatic carboxylic acids is 1. The minimum Gasteiger partial charge on any atom is -0.481 e. The van der Waals surface area contributed by atoms with E-state index in [9.17, 15) is 9.59 Å². The Kier molecular flexibility index (Phi) is 4.23. The highest BCUT2D eigenvalue weighted by Gasteiger charge is 2.19. The monoisotopic (exact) mass is 228 g/mol. The van der Waals surface area contributed by atoms with Crippen molar-refractivity contribution >= 4 is 23.2 Å². The van der Waals surface area contributed by atoms with Crippen LogP contribution in [0.3, 0.4) is 0 Å². The molecule has 6 heteroatoms. The van der Waals surface area contributed by atoms with Crippen molar-refractivity contribution < 1.29 is 14.7 Å². The van der Waals surface area contributed by atoms with Crippen molar-refractivity contribution in [2.24, 2.45) is 5.92 Å². The predicted molar refractivity (Wildman–Crippen MR) is 55.6 cm³/mol. The highest BCUT2D eigenvalue weighted by Crippen LogP contribution is 2.03. The molecule has 0 saturated carbocycles. The zero-order valence-corrected chi connectivity index (χ0v) is 9.08. The smallest absolute Gasteiger partial charge is 0.315 e. The molecule has 1 atom stereocenters. The van der Waals surface area contributed by atoms with Gasteiger partial charge in [-0.2, -0.15) is 0 Å². The summed E-state index contributed by atoms with van der Waals surface area (Å²) in [7, 11) is 0. The normalized spacial score (nSPS) is 12.1. The molecule has 0 aliphatic carbocycles. The highest BCUT2D eigenvalue weighted by atomic mass is 32.1. The topological polar surface area (TPSA) is 79.3 Å². The van der Waals surface area contributed by atoms with Crippen LogP contribution in [-0.2, 0) is 16.0 Å². The maximum atomic E-state index is 11.2. The molecular formula is C9H12N2O3S. The molecule has 1 heterocycles. The summed E-state index contributed by atoms with van der Waals surface area (Å²) in [6, 6.07) is 0. The van der Waals surface area contributed by atoms with Gasteiger partial charge in [0, 0.05) is 24.5 Å². The lowest BCUT2D eigenvalue weighted by atomic mass is 10.2. The second-order valence-electron chi connectivity index (χ2n) is 3.03. The Balaban J connectivity index is 2.26. The van der Waals surface area contributed by atoms with E-state index in [1.165, 1.54) is 18.3 Å². The molecule has 2 N–H and O–H groups in total. The molecule has 0 fully saturated rings. The Bertz CT molecular complexity index is 337. The number of carbonyl (C=O) groups excluding carboxylic acids is 1. The van der Waals surface area contributed by atoms with Gasteiger partial charge in [0.25, 0.3) is 0 Å². The Morgan fingerprint density at radius 3 is 2.93 bits per heavy atom. The van der Waals surface area contributed by atoms with Crippen molar-refractivity contribution in [2.75, 3.05) is 6.54 Å². The van der Waals surface area contributed by atoms with Gasteiger partial charge in [0.1, 0.15) is 5.92 Å². The molecule has 0 spiro atoms. The standard InChI is InChI=1S/C9H12N2O3S/c1-6(9(13)14)8(12)11-3-2-7-10-4-5-15-7/h4-6H,2-3H2,1H3,(H,11,12)(H,13,14). The van der Waals surface area contributed by atoms with Crippen molar-refractivity contribution in [3.63, 3.8) is 0 Å². The number of aromatic nitrogens is 1. The number of nitrogens with one attached hydrogen (secondary N) is 1. The van der Waals surface area contributed by atoms with E-state index in [0.717, 1.165) is 5.01 Å². The largest absolute Gasteiger partial charge is 0.481 e. The van der Waals surface area contributed by atoms with Crippen molar-refractivity contribution in [3.8, 4) is 0 Å². The number of hydrogen-bond acceptors (Lipinski definition) is 4. The van der Waals surface area contributed by atoms with E-state index in [2.05, 4.69) is 10.3 Å². The molecule has 0 aliphatic heterocycles. The van der Waals surface area contributed by atoms with Gasteiger partial charge in [-0.05, 0) is 6.92 Å². The summed E-state index contributed by atoms with van der Waals surface area (Å²) in [6.45, 7) is 1.78. The van der Waals surface area contributed by atoms with Crippen molar-refractivity contribution in [1.29, 1.82) is 0 Å². The molecule has 1 aromatic heterocycles. The summed E-state index contributed by atoms with van der Waals surface area (Å²) < 4.78 is 0. The second-order valence-corrected chi connectivity index (χ2v) is 4.01. The summed E-state index contributed by atoms with van der Waals surface area (Å²) in [5, 5.41) is 13.9. The lowest BCUT2D eigenvalue weighted by molar-refractivity contribution is -0.146. The van der Waals surface area contributed by atoms with Crippen LogP contribution in [-0.4, -0.2) is 28.5 Å². The van der Waals surface area contributed by atoms with Gasteiger partial charge in [0.2, 0.25) is 5.91 Å². The van der Waals surface area contributed by atoms with E-state index in [1.807, 2.05) is 5.38 Å². The number of nitrogens with zero attached hydrogens (tertiary/aromatic N) is 1. The third-order valence-corrected chi connectivity index (χ3v) is 2.72. The summed E-state index contributed by atoms with van der Waals surface area (Å²) in [5.74, 6) is -2.57. The van der Waals surface area contributed by atoms with Crippen LogP contribution in [0.4, 0.5) is 0 Å². The maximum absolute atomic E-state index is 11.2. The molecule has 0 bridgehead atoms. The van der Waals surface area contributed by atoms with E-state index in [-0.39, 0.29) is 0 Å². The van der Waals surface area contributed by atoms with Crippen LogP contribution in [0.15, 0.2) is 11.6 Å². The molecule has 5 nitrogen and oxygen atoms in total. The number of carboxylic acids is 1. The van der Waals surface area contributed by atoms with E-state index in [4.69, 9.17) is 5.11 Å². The molecular weight excluding hydrogens is 216 g/mol. The van der Waals surface area contributed by atoms with Crippen molar-refractivity contribution in [2.45, 2.75) is 13.3 Å². The first-order valence-electron chi connectivity index (χ1n) is 4.50.